The Balaban J connectivity index is 2.14. The highest BCUT2D eigenvalue weighted by molar-refractivity contribution is 7.90. The quantitative estimate of drug-likeness (QED) is 0.743. The van der Waals surface area contributed by atoms with Gasteiger partial charge in [0.15, 0.2) is 9.84 Å². The summed E-state index contributed by atoms with van der Waals surface area (Å²) in [5.74, 6) is 0.235. The smallest absolute Gasteiger partial charge is 0.271 e. The SMILES string of the molecule is CNC(=O)c1cn(-c2ccc(S(C)(=O)=O)cc2)c(-c2ccc(Cl)cc2)n1. The van der Waals surface area contributed by atoms with E-state index < -0.39 is 9.84 Å². The van der Waals surface area contributed by atoms with E-state index in [9.17, 15) is 13.2 Å². The molecule has 0 saturated heterocycles. The molecular weight excluding hydrogens is 374 g/mol. The molecule has 0 fully saturated rings. The molecule has 0 bridgehead atoms. The minimum absolute atomic E-state index is 0.223. The molecule has 1 heterocycles. The number of hydrogen-bond donors (Lipinski definition) is 1. The third-order valence-electron chi connectivity index (χ3n) is 3.81. The summed E-state index contributed by atoms with van der Waals surface area (Å²) < 4.78 is 25.0. The van der Waals surface area contributed by atoms with Crippen molar-refractivity contribution in [2.24, 2.45) is 0 Å². The van der Waals surface area contributed by atoms with E-state index in [1.807, 2.05) is 0 Å². The zero-order chi connectivity index (χ0) is 18.9. The first-order valence-corrected chi connectivity index (χ1v) is 9.94. The Morgan fingerprint density at radius 2 is 1.69 bits per heavy atom. The summed E-state index contributed by atoms with van der Waals surface area (Å²) in [5.41, 5.74) is 1.71. The van der Waals surface area contributed by atoms with Gasteiger partial charge in [0.25, 0.3) is 5.91 Å². The van der Waals surface area contributed by atoms with Gasteiger partial charge >= 0.3 is 0 Å². The molecule has 6 nitrogen and oxygen atoms in total. The monoisotopic (exact) mass is 389 g/mol. The molecule has 0 aliphatic rings. The van der Waals surface area contributed by atoms with Gasteiger partial charge in [-0.25, -0.2) is 13.4 Å². The number of nitrogens with one attached hydrogen (secondary N) is 1. The van der Waals surface area contributed by atoms with Gasteiger partial charge in [0.2, 0.25) is 0 Å². The minimum atomic E-state index is -3.28. The van der Waals surface area contributed by atoms with E-state index in [1.165, 1.54) is 19.2 Å². The Kier molecular flexibility index (Phi) is 4.84. The number of hydrogen-bond acceptors (Lipinski definition) is 4. The second-order valence-electron chi connectivity index (χ2n) is 5.67. The van der Waals surface area contributed by atoms with Crippen molar-refractivity contribution in [3.8, 4) is 17.1 Å². The summed E-state index contributed by atoms with van der Waals surface area (Å²) in [6.45, 7) is 0. The topological polar surface area (TPSA) is 81.1 Å². The fraction of sp³-hybridized carbons (Fsp3) is 0.111. The third kappa shape index (κ3) is 3.63. The predicted octanol–water partition coefficient (Wildman–Crippen LogP) is 2.96. The molecule has 8 heteroatoms. The molecule has 1 aromatic heterocycles. The third-order valence-corrected chi connectivity index (χ3v) is 5.19. The van der Waals surface area contributed by atoms with Crippen LogP contribution in [0.3, 0.4) is 0 Å². The largest absolute Gasteiger partial charge is 0.354 e. The molecule has 1 amide bonds. The van der Waals surface area contributed by atoms with E-state index in [4.69, 9.17) is 11.6 Å². The molecule has 2 aromatic carbocycles. The van der Waals surface area contributed by atoms with E-state index in [1.54, 1.807) is 47.2 Å². The van der Waals surface area contributed by atoms with Crippen LogP contribution < -0.4 is 5.32 Å². The Morgan fingerprint density at radius 1 is 1.08 bits per heavy atom. The minimum Gasteiger partial charge on any atom is -0.354 e. The van der Waals surface area contributed by atoms with Crippen molar-refractivity contribution in [1.29, 1.82) is 0 Å². The molecule has 134 valence electrons. The average Bonchev–Trinajstić information content (AvgIpc) is 3.06. The molecule has 0 aliphatic carbocycles. The second kappa shape index (κ2) is 6.93. The number of sulfone groups is 1. The summed E-state index contributed by atoms with van der Waals surface area (Å²) in [6.07, 6.45) is 2.76. The van der Waals surface area contributed by atoms with E-state index >= 15 is 0 Å². The first kappa shape index (κ1) is 18.2. The number of aromatic nitrogens is 2. The summed E-state index contributed by atoms with van der Waals surface area (Å²) in [7, 11) is -1.75. The zero-order valence-corrected chi connectivity index (χ0v) is 15.7. The lowest BCUT2D eigenvalue weighted by atomic mass is 10.2. The summed E-state index contributed by atoms with van der Waals surface area (Å²) >= 11 is 5.95. The molecule has 0 atom stereocenters. The van der Waals surface area contributed by atoms with Crippen LogP contribution in [0.25, 0.3) is 17.1 Å². The highest BCUT2D eigenvalue weighted by atomic mass is 35.5. The molecule has 3 rings (SSSR count). The molecule has 0 saturated carbocycles. The van der Waals surface area contributed by atoms with Gasteiger partial charge < -0.3 is 5.32 Å². The first-order valence-electron chi connectivity index (χ1n) is 7.67. The van der Waals surface area contributed by atoms with Gasteiger partial charge in [0.1, 0.15) is 11.5 Å². The normalized spacial score (nSPS) is 11.3. The number of halogens is 1. The van der Waals surface area contributed by atoms with E-state index in [2.05, 4.69) is 10.3 Å². The molecule has 26 heavy (non-hydrogen) atoms. The number of imidazole rings is 1. The van der Waals surface area contributed by atoms with E-state index in [0.29, 0.717) is 16.5 Å². The van der Waals surface area contributed by atoms with Gasteiger partial charge in [0.05, 0.1) is 4.90 Å². The maximum atomic E-state index is 12.0. The maximum Gasteiger partial charge on any atom is 0.271 e. The van der Waals surface area contributed by atoms with Crippen LogP contribution in [-0.4, -0.2) is 37.2 Å². The summed E-state index contributed by atoms with van der Waals surface area (Å²) in [5, 5.41) is 3.14. The lowest BCUT2D eigenvalue weighted by Crippen LogP contribution is -2.18. The fourth-order valence-corrected chi connectivity index (χ4v) is 3.23. The number of amides is 1. The van der Waals surface area contributed by atoms with Crippen LogP contribution in [0.5, 0.6) is 0 Å². The van der Waals surface area contributed by atoms with Gasteiger partial charge in [-0.3, -0.25) is 9.36 Å². The Bertz CT molecular complexity index is 1060. The summed E-state index contributed by atoms with van der Waals surface area (Å²) in [4.78, 5) is 16.6. The molecule has 0 aliphatic heterocycles. The van der Waals surface area contributed by atoms with Crippen molar-refractivity contribution < 1.29 is 13.2 Å². The number of nitrogens with zero attached hydrogens (tertiary/aromatic N) is 2. The van der Waals surface area contributed by atoms with Crippen LogP contribution in [0.1, 0.15) is 10.5 Å². The van der Waals surface area contributed by atoms with E-state index in [0.717, 1.165) is 11.8 Å². The van der Waals surface area contributed by atoms with Gasteiger partial charge in [0, 0.05) is 35.8 Å². The molecule has 0 radical (unpaired) electrons. The van der Waals surface area contributed by atoms with Gasteiger partial charge in [-0.05, 0) is 48.5 Å². The molecule has 0 spiro atoms. The van der Waals surface area contributed by atoms with Crippen molar-refractivity contribution in [2.45, 2.75) is 4.90 Å². The predicted molar refractivity (Wildman–Crippen MR) is 101 cm³/mol. The average molecular weight is 390 g/mol. The van der Waals surface area contributed by atoms with Gasteiger partial charge in [-0.15, -0.1) is 0 Å². The molecule has 3 aromatic rings. The van der Waals surface area contributed by atoms with Gasteiger partial charge in [-0.2, -0.15) is 0 Å². The van der Waals surface area contributed by atoms with Crippen LogP contribution in [0.15, 0.2) is 59.6 Å². The van der Waals surface area contributed by atoms with Crippen LogP contribution in [0, 0.1) is 0 Å². The van der Waals surface area contributed by atoms with Crippen molar-refractivity contribution in [3.05, 3.63) is 65.4 Å². The lowest BCUT2D eigenvalue weighted by Gasteiger charge is -2.09. The lowest BCUT2D eigenvalue weighted by molar-refractivity contribution is 0.0958. The highest BCUT2D eigenvalue weighted by Crippen LogP contribution is 2.25. The van der Waals surface area contributed by atoms with Crippen molar-refractivity contribution in [2.75, 3.05) is 13.3 Å². The standard InChI is InChI=1S/C18H16ClN3O3S/c1-20-18(23)16-11-22(14-7-9-15(10-8-14)26(2,24)25)17(21-16)12-3-5-13(19)6-4-12/h3-11H,1-2H3,(H,20,23). The van der Waals surface area contributed by atoms with Crippen LogP contribution >= 0.6 is 11.6 Å². The van der Waals surface area contributed by atoms with E-state index in [-0.39, 0.29) is 16.5 Å². The number of rotatable bonds is 4. The fourth-order valence-electron chi connectivity index (χ4n) is 2.47. The Labute approximate surface area is 156 Å². The van der Waals surface area contributed by atoms with Crippen molar-refractivity contribution in [3.63, 3.8) is 0 Å². The Morgan fingerprint density at radius 3 is 2.23 bits per heavy atom. The Hall–Kier alpha value is -2.64. The maximum absolute atomic E-state index is 12.0. The second-order valence-corrected chi connectivity index (χ2v) is 8.12. The van der Waals surface area contributed by atoms with Crippen LogP contribution in [0.2, 0.25) is 5.02 Å². The number of benzene rings is 2. The van der Waals surface area contributed by atoms with Crippen LogP contribution in [0.4, 0.5) is 0 Å². The number of carbonyl (C=O) groups excluding carboxylic acids is 1. The zero-order valence-electron chi connectivity index (χ0n) is 14.1. The molecule has 0 unspecified atom stereocenters. The van der Waals surface area contributed by atoms with Crippen molar-refractivity contribution in [1.82, 2.24) is 14.9 Å². The van der Waals surface area contributed by atoms with Crippen LogP contribution in [-0.2, 0) is 9.84 Å². The number of carbonyl (C=O) groups is 1. The molecular formula is C18H16ClN3O3S. The molecule has 1 N–H and O–H groups in total. The highest BCUT2D eigenvalue weighted by Gasteiger charge is 2.16. The summed E-state index contributed by atoms with van der Waals surface area (Å²) in [6, 6.07) is 13.5. The van der Waals surface area contributed by atoms with Crippen molar-refractivity contribution >= 4 is 27.3 Å². The first-order chi connectivity index (χ1) is 12.3. The van der Waals surface area contributed by atoms with Gasteiger partial charge in [-0.1, -0.05) is 11.6 Å².